The van der Waals surface area contributed by atoms with Crippen LogP contribution in [0, 0.1) is 13.8 Å². The van der Waals surface area contributed by atoms with E-state index in [1.165, 1.54) is 0 Å². The third-order valence-electron chi connectivity index (χ3n) is 4.80. The van der Waals surface area contributed by atoms with Crippen LogP contribution in [-0.4, -0.2) is 24.3 Å². The summed E-state index contributed by atoms with van der Waals surface area (Å²) in [6, 6.07) is 19.2. The van der Waals surface area contributed by atoms with E-state index in [9.17, 15) is 14.4 Å². The minimum absolute atomic E-state index is 0.0608. The highest BCUT2D eigenvalue weighted by atomic mass is 35.5. The van der Waals surface area contributed by atoms with Crippen LogP contribution in [0.15, 0.2) is 66.7 Å². The Morgan fingerprint density at radius 1 is 0.879 bits per heavy atom. The monoisotopic (exact) mass is 465 g/mol. The molecule has 33 heavy (non-hydrogen) atoms. The van der Waals surface area contributed by atoms with Gasteiger partial charge in [0.1, 0.15) is 11.5 Å². The number of Topliss-reactive ketones (excluding diaryl/α,β-unsaturated/α-hetero) is 1. The molecule has 0 aliphatic rings. The van der Waals surface area contributed by atoms with Gasteiger partial charge in [-0.1, -0.05) is 23.7 Å². The molecule has 0 bridgehead atoms. The van der Waals surface area contributed by atoms with E-state index in [1.54, 1.807) is 48.5 Å². The van der Waals surface area contributed by atoms with Gasteiger partial charge in [0.05, 0.1) is 6.42 Å². The highest BCUT2D eigenvalue weighted by Gasteiger charge is 2.12. The highest BCUT2D eigenvalue weighted by molar-refractivity contribution is 6.30. The molecule has 6 nitrogen and oxygen atoms in total. The number of anilines is 1. The first-order chi connectivity index (χ1) is 15.8. The molecule has 0 unspecified atom stereocenters. The third-order valence-corrected chi connectivity index (χ3v) is 5.05. The molecule has 0 saturated carbocycles. The topological polar surface area (TPSA) is 81.7 Å². The van der Waals surface area contributed by atoms with Gasteiger partial charge in [0.2, 0.25) is 5.91 Å². The van der Waals surface area contributed by atoms with Crippen molar-refractivity contribution in [3.8, 4) is 11.5 Å². The summed E-state index contributed by atoms with van der Waals surface area (Å²) in [6.45, 7) is 3.59. The molecule has 3 rings (SSSR count). The Balaban J connectivity index is 1.42. The fourth-order valence-electron chi connectivity index (χ4n) is 2.93. The number of rotatable bonds is 9. The van der Waals surface area contributed by atoms with E-state index in [0.717, 1.165) is 16.9 Å². The predicted octanol–water partition coefficient (Wildman–Crippen LogP) is 5.89. The summed E-state index contributed by atoms with van der Waals surface area (Å²) in [5.41, 5.74) is 3.11. The first-order valence-corrected chi connectivity index (χ1v) is 10.8. The quantitative estimate of drug-likeness (QED) is 0.314. The van der Waals surface area contributed by atoms with Gasteiger partial charge in [-0.2, -0.15) is 0 Å². The molecule has 0 radical (unpaired) electrons. The predicted molar refractivity (Wildman–Crippen MR) is 127 cm³/mol. The maximum absolute atomic E-state index is 12.1. The lowest BCUT2D eigenvalue weighted by molar-refractivity contribution is -0.143. The van der Waals surface area contributed by atoms with Gasteiger partial charge < -0.3 is 14.8 Å². The molecule has 3 aromatic rings. The van der Waals surface area contributed by atoms with Crippen molar-refractivity contribution in [3.63, 3.8) is 0 Å². The minimum Gasteiger partial charge on any atom is -0.457 e. The lowest BCUT2D eigenvalue weighted by Gasteiger charge is -2.11. The number of amides is 1. The van der Waals surface area contributed by atoms with E-state index >= 15 is 0 Å². The zero-order valence-corrected chi connectivity index (χ0v) is 19.1. The molecule has 0 aromatic heterocycles. The third kappa shape index (κ3) is 7.47. The molecule has 1 N–H and O–H groups in total. The molecule has 0 fully saturated rings. The number of hydrogen-bond donors (Lipinski definition) is 1. The Bertz CT molecular complexity index is 1140. The van der Waals surface area contributed by atoms with E-state index < -0.39 is 5.97 Å². The lowest BCUT2D eigenvalue weighted by atomic mass is 10.1. The van der Waals surface area contributed by atoms with E-state index in [1.807, 2.05) is 32.0 Å². The minimum atomic E-state index is -0.621. The fourth-order valence-corrected chi connectivity index (χ4v) is 3.05. The van der Waals surface area contributed by atoms with E-state index in [2.05, 4.69) is 5.32 Å². The van der Waals surface area contributed by atoms with Crippen molar-refractivity contribution in [2.45, 2.75) is 26.7 Å². The summed E-state index contributed by atoms with van der Waals surface area (Å²) in [5.74, 6) is 0.131. The van der Waals surface area contributed by atoms with E-state index in [-0.39, 0.29) is 31.1 Å². The van der Waals surface area contributed by atoms with Crippen LogP contribution in [0.25, 0.3) is 0 Å². The SMILES string of the molecule is Cc1ccc(C)c(Oc2ccc(NC(=O)CCC(=O)OCC(=O)c3ccc(Cl)cc3)cc2)c1. The zero-order chi connectivity index (χ0) is 23.8. The molecule has 0 atom stereocenters. The summed E-state index contributed by atoms with van der Waals surface area (Å²) in [5, 5.41) is 3.24. The Morgan fingerprint density at radius 3 is 2.27 bits per heavy atom. The number of aryl methyl sites for hydroxylation is 2. The summed E-state index contributed by atoms with van der Waals surface area (Å²) < 4.78 is 10.9. The molecule has 0 aliphatic heterocycles. The largest absolute Gasteiger partial charge is 0.457 e. The first kappa shape index (κ1) is 24.0. The maximum atomic E-state index is 12.1. The number of carbonyl (C=O) groups excluding carboxylic acids is 3. The number of halogens is 1. The van der Waals surface area contributed by atoms with Crippen molar-refractivity contribution in [1.29, 1.82) is 0 Å². The van der Waals surface area contributed by atoms with Crippen molar-refractivity contribution in [3.05, 3.63) is 88.4 Å². The summed E-state index contributed by atoms with van der Waals surface area (Å²) >= 11 is 5.78. The normalized spacial score (nSPS) is 10.4. The average Bonchev–Trinajstić information content (AvgIpc) is 2.80. The second-order valence-electron chi connectivity index (χ2n) is 7.53. The smallest absolute Gasteiger partial charge is 0.306 e. The Kier molecular flexibility index (Phi) is 8.22. The van der Waals surface area contributed by atoms with Crippen molar-refractivity contribution in [1.82, 2.24) is 0 Å². The second-order valence-corrected chi connectivity index (χ2v) is 7.97. The van der Waals surface area contributed by atoms with Crippen LogP contribution in [0.2, 0.25) is 5.02 Å². The van der Waals surface area contributed by atoms with Gasteiger partial charge in [0.15, 0.2) is 12.4 Å². The number of benzene rings is 3. The Labute approximate surface area is 197 Å². The van der Waals surface area contributed by atoms with Gasteiger partial charge in [-0.05, 0) is 79.6 Å². The van der Waals surface area contributed by atoms with Gasteiger partial charge in [-0.25, -0.2) is 0 Å². The standard InChI is InChI=1S/C26H24ClNO5/c1-17-3-4-18(2)24(15-17)33-22-11-9-21(10-12-22)28-25(30)13-14-26(31)32-16-23(29)19-5-7-20(27)8-6-19/h3-12,15H,13-14,16H2,1-2H3,(H,28,30). The number of ketones is 1. The van der Waals surface area contributed by atoms with Crippen LogP contribution in [0.5, 0.6) is 11.5 Å². The first-order valence-electron chi connectivity index (χ1n) is 10.4. The zero-order valence-electron chi connectivity index (χ0n) is 18.4. The van der Waals surface area contributed by atoms with E-state index in [4.69, 9.17) is 21.1 Å². The van der Waals surface area contributed by atoms with Crippen LogP contribution in [0.1, 0.15) is 34.3 Å². The van der Waals surface area contributed by atoms with Gasteiger partial charge in [0.25, 0.3) is 0 Å². The molecule has 1 amide bonds. The number of nitrogens with one attached hydrogen (secondary N) is 1. The van der Waals surface area contributed by atoms with Crippen molar-refractivity contribution in [2.24, 2.45) is 0 Å². The molecule has 0 aliphatic carbocycles. The summed E-state index contributed by atoms with van der Waals surface area (Å²) in [7, 11) is 0. The van der Waals surface area contributed by atoms with Crippen LogP contribution in [-0.2, 0) is 14.3 Å². The number of carbonyl (C=O) groups is 3. The van der Waals surface area contributed by atoms with Crippen molar-refractivity contribution in [2.75, 3.05) is 11.9 Å². The van der Waals surface area contributed by atoms with Gasteiger partial charge in [-0.3, -0.25) is 14.4 Å². The molecule has 0 heterocycles. The summed E-state index contributed by atoms with van der Waals surface area (Å²) in [6.07, 6.45) is -0.192. The fraction of sp³-hybridized carbons (Fsp3) is 0.192. The van der Waals surface area contributed by atoms with Crippen LogP contribution in [0.4, 0.5) is 5.69 Å². The molecule has 170 valence electrons. The second kappa shape index (κ2) is 11.3. The molecular formula is C26H24ClNO5. The van der Waals surface area contributed by atoms with Crippen LogP contribution < -0.4 is 10.1 Å². The maximum Gasteiger partial charge on any atom is 0.306 e. The molecule has 0 saturated heterocycles. The molecule has 7 heteroatoms. The van der Waals surface area contributed by atoms with E-state index in [0.29, 0.717) is 22.0 Å². The van der Waals surface area contributed by atoms with Crippen molar-refractivity contribution < 1.29 is 23.9 Å². The average molecular weight is 466 g/mol. The number of hydrogen-bond acceptors (Lipinski definition) is 5. The van der Waals surface area contributed by atoms with Gasteiger partial charge in [-0.15, -0.1) is 0 Å². The Morgan fingerprint density at radius 2 is 1.58 bits per heavy atom. The molecule has 0 spiro atoms. The van der Waals surface area contributed by atoms with Crippen molar-refractivity contribution >= 4 is 34.9 Å². The van der Waals surface area contributed by atoms with Gasteiger partial charge in [0, 0.05) is 22.7 Å². The lowest BCUT2D eigenvalue weighted by Crippen LogP contribution is -2.17. The Hall–Kier alpha value is -3.64. The van der Waals surface area contributed by atoms with Crippen LogP contribution >= 0.6 is 11.6 Å². The number of ether oxygens (including phenoxy) is 2. The molecule has 3 aromatic carbocycles. The van der Waals surface area contributed by atoms with Gasteiger partial charge >= 0.3 is 5.97 Å². The van der Waals surface area contributed by atoms with Crippen LogP contribution in [0.3, 0.4) is 0 Å². The molecular weight excluding hydrogens is 442 g/mol. The number of esters is 1. The summed E-state index contributed by atoms with van der Waals surface area (Å²) in [4.78, 5) is 36.0. The highest BCUT2D eigenvalue weighted by Crippen LogP contribution is 2.27.